The van der Waals surface area contributed by atoms with Crippen molar-refractivity contribution in [1.82, 2.24) is 24.6 Å². The van der Waals surface area contributed by atoms with Crippen LogP contribution in [0.4, 0.5) is 15.0 Å². The van der Waals surface area contributed by atoms with Gasteiger partial charge in [0.25, 0.3) is 5.91 Å². The number of carbonyl (C=O) groups is 2. The standard InChI is InChI=1S/C24H25FN6O4/c1-14(12-32)31-13-26-29-22(31)20-3-2-4-21(27-20)28-23(33)18-9-16-11-30(24(34)35-17-5-6-17)8-7-15(16)10-19(18)25/h2-4,9-10,13-14,17,32H,5-8,11-12H2,1H3,(H,27,28,33)/t14-/m1/s1. The second kappa shape index (κ2) is 9.41. The summed E-state index contributed by atoms with van der Waals surface area (Å²) < 4.78 is 21.9. The van der Waals surface area contributed by atoms with Gasteiger partial charge < -0.3 is 24.6 Å². The molecule has 3 heterocycles. The first-order valence-corrected chi connectivity index (χ1v) is 11.5. The van der Waals surface area contributed by atoms with Crippen molar-refractivity contribution < 1.29 is 23.8 Å². The minimum atomic E-state index is -0.655. The summed E-state index contributed by atoms with van der Waals surface area (Å²) in [5, 5.41) is 20.0. The van der Waals surface area contributed by atoms with Crippen molar-refractivity contribution >= 4 is 17.8 Å². The quantitative estimate of drug-likeness (QED) is 0.556. The van der Waals surface area contributed by atoms with Gasteiger partial charge in [0.1, 0.15) is 29.8 Å². The summed E-state index contributed by atoms with van der Waals surface area (Å²) in [5.74, 6) is -0.646. The number of rotatable bonds is 6. The monoisotopic (exact) mass is 480 g/mol. The average Bonchev–Trinajstić information content (AvgIpc) is 3.53. The molecule has 0 saturated heterocycles. The zero-order valence-corrected chi connectivity index (χ0v) is 19.1. The Morgan fingerprint density at radius 1 is 1.29 bits per heavy atom. The first kappa shape index (κ1) is 22.9. The molecule has 1 aliphatic heterocycles. The molecule has 0 radical (unpaired) electrons. The molecule has 10 nitrogen and oxygen atoms in total. The maximum atomic E-state index is 14.8. The number of benzene rings is 1. The number of halogens is 1. The van der Waals surface area contributed by atoms with E-state index >= 15 is 0 Å². The Bertz CT molecular complexity index is 1270. The Labute approximate surface area is 200 Å². The number of aliphatic hydroxyl groups is 1. The molecule has 2 aliphatic rings. The Hall–Kier alpha value is -3.86. The molecular formula is C24H25FN6O4. The third kappa shape index (κ3) is 4.85. The number of fused-ring (bicyclic) bond motifs is 1. The lowest BCUT2D eigenvalue weighted by Gasteiger charge is -2.28. The van der Waals surface area contributed by atoms with Crippen LogP contribution in [0.2, 0.25) is 0 Å². The lowest BCUT2D eigenvalue weighted by molar-refractivity contribution is 0.0915. The van der Waals surface area contributed by atoms with Crippen molar-refractivity contribution in [2.75, 3.05) is 18.5 Å². The van der Waals surface area contributed by atoms with Crippen molar-refractivity contribution in [3.8, 4) is 11.5 Å². The largest absolute Gasteiger partial charge is 0.446 e. The predicted octanol–water partition coefficient (Wildman–Crippen LogP) is 2.94. The van der Waals surface area contributed by atoms with Crippen LogP contribution in [0, 0.1) is 5.82 Å². The van der Waals surface area contributed by atoms with Gasteiger partial charge in [-0.1, -0.05) is 6.07 Å². The van der Waals surface area contributed by atoms with Crippen molar-refractivity contribution in [3.63, 3.8) is 0 Å². The number of nitrogens with zero attached hydrogens (tertiary/aromatic N) is 5. The minimum absolute atomic E-state index is 0.00223. The highest BCUT2D eigenvalue weighted by Gasteiger charge is 2.30. The Kier molecular flexibility index (Phi) is 6.16. The first-order chi connectivity index (χ1) is 16.9. The Morgan fingerprint density at radius 2 is 2.11 bits per heavy atom. The highest BCUT2D eigenvalue weighted by atomic mass is 19.1. The van der Waals surface area contributed by atoms with Crippen LogP contribution >= 0.6 is 0 Å². The van der Waals surface area contributed by atoms with E-state index in [1.807, 2.05) is 6.92 Å². The maximum Gasteiger partial charge on any atom is 0.410 e. The van der Waals surface area contributed by atoms with Crippen LogP contribution in [0.3, 0.4) is 0 Å². The van der Waals surface area contributed by atoms with Crippen LogP contribution in [-0.2, 0) is 17.7 Å². The second-order valence-corrected chi connectivity index (χ2v) is 8.81. The molecule has 3 aromatic rings. The number of carbonyl (C=O) groups excluding carboxylic acids is 2. The summed E-state index contributed by atoms with van der Waals surface area (Å²) in [7, 11) is 0. The van der Waals surface area contributed by atoms with E-state index < -0.39 is 11.7 Å². The van der Waals surface area contributed by atoms with Crippen LogP contribution in [0.15, 0.2) is 36.7 Å². The number of pyridine rings is 1. The normalized spacial score (nSPS) is 15.9. The molecule has 0 unspecified atom stereocenters. The van der Waals surface area contributed by atoms with Gasteiger partial charge in [0.15, 0.2) is 5.82 Å². The number of amides is 2. The molecule has 0 spiro atoms. The summed E-state index contributed by atoms with van der Waals surface area (Å²) in [5.41, 5.74) is 1.79. The van der Waals surface area contributed by atoms with Crippen molar-refractivity contribution in [2.45, 2.75) is 44.9 Å². The van der Waals surface area contributed by atoms with Crippen LogP contribution in [0.25, 0.3) is 11.5 Å². The summed E-state index contributed by atoms with van der Waals surface area (Å²) in [6.45, 7) is 2.41. The SMILES string of the molecule is C[C@H](CO)n1cnnc1-c1cccc(NC(=O)c2cc3c(cc2F)CCN(C(=O)OC2CC2)C3)n1. The molecule has 2 aromatic heterocycles. The third-order valence-corrected chi connectivity index (χ3v) is 6.13. The first-order valence-electron chi connectivity index (χ1n) is 11.5. The molecule has 1 aliphatic carbocycles. The minimum Gasteiger partial charge on any atom is -0.446 e. The van der Waals surface area contributed by atoms with Gasteiger partial charge in [0.2, 0.25) is 0 Å². The molecule has 182 valence electrons. The van der Waals surface area contributed by atoms with Gasteiger partial charge in [0, 0.05) is 13.1 Å². The number of aromatic nitrogens is 4. The van der Waals surface area contributed by atoms with Gasteiger partial charge in [-0.25, -0.2) is 14.2 Å². The highest BCUT2D eigenvalue weighted by Crippen LogP contribution is 2.28. The van der Waals surface area contributed by atoms with Crippen LogP contribution in [-0.4, -0.2) is 61.0 Å². The molecule has 1 fully saturated rings. The van der Waals surface area contributed by atoms with E-state index in [4.69, 9.17) is 4.74 Å². The van der Waals surface area contributed by atoms with Gasteiger partial charge >= 0.3 is 6.09 Å². The summed E-state index contributed by atoms with van der Waals surface area (Å²) >= 11 is 0. The molecule has 1 aromatic carbocycles. The molecule has 1 saturated carbocycles. The fraction of sp³-hybridized carbons (Fsp3) is 0.375. The maximum absolute atomic E-state index is 14.8. The van der Waals surface area contributed by atoms with Gasteiger partial charge in [-0.2, -0.15) is 0 Å². The second-order valence-electron chi connectivity index (χ2n) is 8.81. The zero-order chi connectivity index (χ0) is 24.5. The van der Waals surface area contributed by atoms with Crippen molar-refractivity contribution in [3.05, 3.63) is 59.2 Å². The summed E-state index contributed by atoms with van der Waals surface area (Å²) in [6.07, 6.45) is 3.39. The summed E-state index contributed by atoms with van der Waals surface area (Å²) in [6, 6.07) is 7.56. The summed E-state index contributed by atoms with van der Waals surface area (Å²) in [4.78, 5) is 31.3. The van der Waals surface area contributed by atoms with E-state index in [1.165, 1.54) is 18.5 Å². The molecule has 11 heteroatoms. The molecule has 1 atom stereocenters. The molecular weight excluding hydrogens is 455 g/mol. The average molecular weight is 481 g/mol. The van der Waals surface area contributed by atoms with E-state index in [0.29, 0.717) is 30.0 Å². The topological polar surface area (TPSA) is 122 Å². The van der Waals surface area contributed by atoms with Crippen LogP contribution in [0.1, 0.15) is 47.3 Å². The highest BCUT2D eigenvalue weighted by molar-refractivity contribution is 6.04. The Balaban J connectivity index is 1.34. The predicted molar refractivity (Wildman–Crippen MR) is 123 cm³/mol. The van der Waals surface area contributed by atoms with E-state index in [0.717, 1.165) is 18.4 Å². The number of aliphatic hydroxyl groups excluding tert-OH is 1. The smallest absolute Gasteiger partial charge is 0.410 e. The molecule has 35 heavy (non-hydrogen) atoms. The van der Waals surface area contributed by atoms with Crippen LogP contribution < -0.4 is 5.32 Å². The zero-order valence-electron chi connectivity index (χ0n) is 19.1. The van der Waals surface area contributed by atoms with Crippen LogP contribution in [0.5, 0.6) is 0 Å². The van der Waals surface area contributed by atoms with E-state index in [2.05, 4.69) is 20.5 Å². The van der Waals surface area contributed by atoms with Crippen molar-refractivity contribution in [2.24, 2.45) is 0 Å². The lowest BCUT2D eigenvalue weighted by atomic mass is 9.97. The number of hydrogen-bond donors (Lipinski definition) is 2. The van der Waals surface area contributed by atoms with Gasteiger partial charge in [-0.3, -0.25) is 4.79 Å². The number of ether oxygens (including phenoxy) is 1. The van der Waals surface area contributed by atoms with Crippen molar-refractivity contribution in [1.29, 1.82) is 0 Å². The fourth-order valence-electron chi connectivity index (χ4n) is 3.96. The van der Waals surface area contributed by atoms with Gasteiger partial charge in [0.05, 0.1) is 18.2 Å². The van der Waals surface area contributed by atoms with Gasteiger partial charge in [-0.15, -0.1) is 10.2 Å². The lowest BCUT2D eigenvalue weighted by Crippen LogP contribution is -2.37. The van der Waals surface area contributed by atoms with E-state index in [1.54, 1.807) is 27.7 Å². The number of anilines is 1. The fourth-order valence-corrected chi connectivity index (χ4v) is 3.96. The Morgan fingerprint density at radius 3 is 2.89 bits per heavy atom. The third-order valence-electron chi connectivity index (χ3n) is 6.13. The molecule has 2 N–H and O–H groups in total. The van der Waals surface area contributed by atoms with Gasteiger partial charge in [-0.05, 0) is 61.6 Å². The molecule has 5 rings (SSSR count). The molecule has 2 amide bonds. The molecule has 0 bridgehead atoms. The number of hydrogen-bond acceptors (Lipinski definition) is 7. The number of nitrogens with one attached hydrogen (secondary N) is 1. The van der Waals surface area contributed by atoms with E-state index in [-0.39, 0.29) is 42.8 Å². The van der Waals surface area contributed by atoms with E-state index in [9.17, 15) is 19.1 Å².